The highest BCUT2D eigenvalue weighted by atomic mass is 32.1. The van der Waals surface area contributed by atoms with Crippen LogP contribution in [0, 0.1) is 6.92 Å². The highest BCUT2D eigenvalue weighted by molar-refractivity contribution is 7.21. The summed E-state index contributed by atoms with van der Waals surface area (Å²) < 4.78 is 6.73. The maximum Gasteiger partial charge on any atom is 0.261 e. The largest absolute Gasteiger partial charge is 0.457 e. The van der Waals surface area contributed by atoms with Crippen molar-refractivity contribution < 1.29 is 14.3 Å². The molecule has 8 nitrogen and oxygen atoms in total. The number of carbonyl (C=O) groups excluding carboxylic acids is 2. The predicted molar refractivity (Wildman–Crippen MR) is 163 cm³/mol. The Balaban J connectivity index is 1.40. The van der Waals surface area contributed by atoms with E-state index in [2.05, 4.69) is 10.6 Å². The van der Waals surface area contributed by atoms with E-state index in [0.717, 1.165) is 35.9 Å². The average molecular weight is 570 g/mol. The average Bonchev–Trinajstić information content (AvgIpc) is 3.38. The van der Waals surface area contributed by atoms with Crippen LogP contribution in [0.3, 0.4) is 0 Å². The van der Waals surface area contributed by atoms with Crippen LogP contribution in [0.5, 0.6) is 11.5 Å². The Kier molecular flexibility index (Phi) is 7.07. The number of Topliss-reactive ketones (excluding diaryl/α,β-unsaturated/α-hetero) is 1. The first kappa shape index (κ1) is 27.4. The molecule has 212 valence electrons. The molecule has 6 rings (SSSR count). The van der Waals surface area contributed by atoms with E-state index < -0.39 is 11.6 Å². The summed E-state index contributed by atoms with van der Waals surface area (Å²) in [4.78, 5) is 28.2. The Hall–Kier alpha value is -3.76. The molecule has 41 heavy (non-hydrogen) atoms. The van der Waals surface area contributed by atoms with E-state index in [9.17, 15) is 9.59 Å². The third-order valence-electron chi connectivity index (χ3n) is 8.59. The number of ether oxygens (including phenoxy) is 1. The zero-order chi connectivity index (χ0) is 28.9. The number of rotatable bonds is 6. The van der Waals surface area contributed by atoms with E-state index in [0.29, 0.717) is 50.2 Å². The lowest BCUT2D eigenvalue weighted by Crippen LogP contribution is -2.53. The van der Waals surface area contributed by atoms with Crippen LogP contribution in [0.1, 0.15) is 63.7 Å². The van der Waals surface area contributed by atoms with Gasteiger partial charge < -0.3 is 32.6 Å². The van der Waals surface area contributed by atoms with Crippen molar-refractivity contribution in [1.82, 2.24) is 10.6 Å². The van der Waals surface area contributed by atoms with Gasteiger partial charge >= 0.3 is 0 Å². The first-order chi connectivity index (χ1) is 19.7. The molecule has 2 aliphatic rings. The van der Waals surface area contributed by atoms with Crippen molar-refractivity contribution in [3.63, 3.8) is 0 Å². The molecule has 1 heterocycles. The van der Waals surface area contributed by atoms with Crippen LogP contribution in [0.2, 0.25) is 0 Å². The number of para-hydroxylation sites is 1. The highest BCUT2D eigenvalue weighted by Gasteiger charge is 2.49. The van der Waals surface area contributed by atoms with Gasteiger partial charge in [0, 0.05) is 28.7 Å². The number of hydrogen-bond donors (Lipinski definition) is 5. The van der Waals surface area contributed by atoms with E-state index in [1.165, 1.54) is 11.3 Å². The maximum absolute atomic E-state index is 14.1. The molecule has 2 atom stereocenters. The number of aryl methyl sites for hydroxylation is 1. The number of amides is 1. The van der Waals surface area contributed by atoms with Crippen molar-refractivity contribution in [3.05, 3.63) is 87.8 Å². The molecule has 1 saturated carbocycles. The molecule has 1 aromatic heterocycles. The Morgan fingerprint density at radius 1 is 0.976 bits per heavy atom. The van der Waals surface area contributed by atoms with E-state index in [1.54, 1.807) is 12.1 Å². The normalized spacial score (nSPS) is 23.9. The van der Waals surface area contributed by atoms with Crippen molar-refractivity contribution >= 4 is 38.8 Å². The Labute approximate surface area is 243 Å². The molecule has 0 spiro atoms. The quantitative estimate of drug-likeness (QED) is 0.213. The van der Waals surface area contributed by atoms with Crippen molar-refractivity contribution in [1.29, 1.82) is 0 Å². The number of benzene rings is 3. The van der Waals surface area contributed by atoms with E-state index in [1.807, 2.05) is 62.5 Å². The summed E-state index contributed by atoms with van der Waals surface area (Å²) in [5.74, 6) is 0.764. The van der Waals surface area contributed by atoms with E-state index in [-0.39, 0.29) is 17.7 Å². The Morgan fingerprint density at radius 3 is 2.34 bits per heavy atom. The van der Waals surface area contributed by atoms with Crippen LogP contribution >= 0.6 is 11.3 Å². The maximum atomic E-state index is 14.1. The number of nitrogens with two attached hydrogens (primary N) is 3. The molecular weight excluding hydrogens is 534 g/mol. The lowest BCUT2D eigenvalue weighted by molar-refractivity contribution is -0.124. The number of carbonyl (C=O) groups is 2. The second-order valence-corrected chi connectivity index (χ2v) is 12.1. The van der Waals surface area contributed by atoms with Gasteiger partial charge in [0.2, 0.25) is 0 Å². The van der Waals surface area contributed by atoms with Gasteiger partial charge in [-0.05, 0) is 86.7 Å². The second-order valence-electron chi connectivity index (χ2n) is 11.1. The van der Waals surface area contributed by atoms with Gasteiger partial charge in [-0.15, -0.1) is 11.3 Å². The molecule has 4 aromatic rings. The minimum Gasteiger partial charge on any atom is -0.457 e. The molecule has 1 amide bonds. The summed E-state index contributed by atoms with van der Waals surface area (Å²) in [6, 6.07) is 18.0. The van der Waals surface area contributed by atoms with E-state index >= 15 is 0 Å². The molecule has 3 aromatic carbocycles. The topological polar surface area (TPSA) is 145 Å². The van der Waals surface area contributed by atoms with Gasteiger partial charge in [-0.2, -0.15) is 0 Å². The molecule has 2 aliphatic carbocycles. The number of nitrogens with one attached hydrogen (secondary N) is 2. The van der Waals surface area contributed by atoms with Gasteiger partial charge in [0.05, 0.1) is 15.6 Å². The van der Waals surface area contributed by atoms with Gasteiger partial charge in [-0.1, -0.05) is 30.3 Å². The fourth-order valence-electron chi connectivity index (χ4n) is 6.37. The number of anilines is 1. The molecule has 0 saturated heterocycles. The monoisotopic (exact) mass is 569 g/mol. The Bertz CT molecular complexity index is 1640. The zero-order valence-corrected chi connectivity index (χ0v) is 24.0. The summed E-state index contributed by atoms with van der Waals surface area (Å²) in [5.41, 5.74) is 21.7. The third-order valence-corrected chi connectivity index (χ3v) is 9.85. The lowest BCUT2D eigenvalue weighted by atomic mass is 9.69. The smallest absolute Gasteiger partial charge is 0.261 e. The fourth-order valence-corrected chi connectivity index (χ4v) is 7.57. The van der Waals surface area contributed by atoms with Gasteiger partial charge in [-0.25, -0.2) is 0 Å². The Morgan fingerprint density at radius 2 is 1.66 bits per heavy atom. The molecule has 1 fully saturated rings. The van der Waals surface area contributed by atoms with Gasteiger partial charge in [-0.3, -0.25) is 9.59 Å². The van der Waals surface area contributed by atoms with Crippen LogP contribution in [-0.2, 0) is 10.3 Å². The summed E-state index contributed by atoms with van der Waals surface area (Å²) in [5, 5.41) is 7.22. The number of thiophene rings is 1. The summed E-state index contributed by atoms with van der Waals surface area (Å²) in [7, 11) is 1.97. The molecule has 9 heteroatoms. The first-order valence-corrected chi connectivity index (χ1v) is 14.8. The molecular formula is C32H35N5O3S. The van der Waals surface area contributed by atoms with Crippen molar-refractivity contribution in [3.8, 4) is 11.5 Å². The van der Waals surface area contributed by atoms with Crippen molar-refractivity contribution in [2.75, 3.05) is 12.8 Å². The highest BCUT2D eigenvalue weighted by Crippen LogP contribution is 2.50. The summed E-state index contributed by atoms with van der Waals surface area (Å²) in [6.07, 6.45) is 3.79. The number of nitrogen functional groups attached to an aromatic ring is 1. The SMILES string of the molecule is CNC1CCC(NC(=O)c2sc3c(N)ccc4c3c2C(N)C(=O)C4(N)c2ccc(Oc3ccccc3)cc2C)CC1. The molecule has 8 N–H and O–H groups in total. The third kappa shape index (κ3) is 4.59. The van der Waals surface area contributed by atoms with E-state index in [4.69, 9.17) is 21.9 Å². The number of hydrogen-bond acceptors (Lipinski definition) is 8. The minimum absolute atomic E-state index is 0.0738. The molecule has 2 unspecified atom stereocenters. The van der Waals surface area contributed by atoms with Gasteiger partial charge in [0.25, 0.3) is 5.91 Å². The van der Waals surface area contributed by atoms with Crippen LogP contribution in [-0.4, -0.2) is 30.8 Å². The van der Waals surface area contributed by atoms with Crippen molar-refractivity contribution in [2.24, 2.45) is 11.5 Å². The number of ketones is 1. The van der Waals surface area contributed by atoms with Gasteiger partial charge in [0.1, 0.15) is 17.0 Å². The van der Waals surface area contributed by atoms with Gasteiger partial charge in [0.15, 0.2) is 5.78 Å². The molecule has 0 radical (unpaired) electrons. The molecule has 0 aliphatic heterocycles. The first-order valence-electron chi connectivity index (χ1n) is 14.0. The predicted octanol–water partition coefficient (Wildman–Crippen LogP) is 4.63. The van der Waals surface area contributed by atoms with Crippen molar-refractivity contribution in [2.45, 2.75) is 56.3 Å². The fraction of sp³-hybridized carbons (Fsp3) is 0.312. The van der Waals surface area contributed by atoms with Crippen LogP contribution in [0.4, 0.5) is 5.69 Å². The standard InChI is InChI=1S/C32H35N5O3S/c1-17-16-21(40-20-6-4-3-5-7-20)12-13-22(17)32(35)23-14-15-24(33)28-25(23)26(27(34)30(32)38)29(41-28)31(39)37-19-10-8-18(36-2)9-11-19/h3-7,12-16,18-19,27,36H,8-11,33-35H2,1-2H3,(H,37,39). The lowest BCUT2D eigenvalue weighted by Gasteiger charge is -2.37. The minimum atomic E-state index is -1.52. The van der Waals surface area contributed by atoms with Crippen LogP contribution in [0.25, 0.3) is 10.1 Å². The van der Waals surface area contributed by atoms with Crippen LogP contribution in [0.15, 0.2) is 60.7 Å². The summed E-state index contributed by atoms with van der Waals surface area (Å²) >= 11 is 1.28. The second kappa shape index (κ2) is 10.6. The van der Waals surface area contributed by atoms with Crippen LogP contribution < -0.4 is 32.6 Å². The molecule has 0 bridgehead atoms. The summed E-state index contributed by atoms with van der Waals surface area (Å²) in [6.45, 7) is 1.90. The zero-order valence-electron chi connectivity index (χ0n) is 23.2.